The molecular formula is C17H19N3O2S. The number of hydrogen-bond acceptors (Lipinski definition) is 5. The number of nitrogens with two attached hydrogens (primary N) is 1. The van der Waals surface area contributed by atoms with Gasteiger partial charge < -0.3 is 21.2 Å². The molecule has 1 aliphatic rings. The van der Waals surface area contributed by atoms with Gasteiger partial charge in [-0.05, 0) is 48.1 Å². The Balaban J connectivity index is 1.80. The van der Waals surface area contributed by atoms with Crippen LogP contribution >= 0.6 is 11.3 Å². The van der Waals surface area contributed by atoms with E-state index in [4.69, 9.17) is 15.9 Å². The van der Waals surface area contributed by atoms with E-state index >= 15 is 0 Å². The van der Waals surface area contributed by atoms with Gasteiger partial charge in [0.2, 0.25) is 0 Å². The van der Waals surface area contributed by atoms with Gasteiger partial charge in [0.1, 0.15) is 0 Å². The van der Waals surface area contributed by atoms with E-state index in [-0.39, 0.29) is 5.91 Å². The molecule has 6 heteroatoms. The summed E-state index contributed by atoms with van der Waals surface area (Å²) >= 11 is 1.31. The predicted molar refractivity (Wildman–Crippen MR) is 92.8 cm³/mol. The van der Waals surface area contributed by atoms with E-state index in [1.54, 1.807) is 19.2 Å². The van der Waals surface area contributed by atoms with Gasteiger partial charge in [0, 0.05) is 24.0 Å². The highest BCUT2D eigenvalue weighted by Gasteiger charge is 2.27. The summed E-state index contributed by atoms with van der Waals surface area (Å²) in [5, 5.41) is 11.3. The SMILES string of the molecule is COc1ccc(C(=O)NCc2c(C3CC3)ccc(N)c2C=N)s1. The Morgan fingerprint density at radius 1 is 1.43 bits per heavy atom. The van der Waals surface area contributed by atoms with E-state index in [0.29, 0.717) is 33.7 Å². The molecule has 1 aliphatic carbocycles. The summed E-state index contributed by atoms with van der Waals surface area (Å²) in [6, 6.07) is 7.40. The number of nitrogen functional groups attached to an aromatic ring is 1. The van der Waals surface area contributed by atoms with Gasteiger partial charge in [0.25, 0.3) is 5.91 Å². The van der Waals surface area contributed by atoms with Crippen molar-refractivity contribution in [3.05, 3.63) is 45.8 Å². The highest BCUT2D eigenvalue weighted by Crippen LogP contribution is 2.43. The van der Waals surface area contributed by atoms with Crippen LogP contribution in [0.25, 0.3) is 0 Å². The van der Waals surface area contributed by atoms with Gasteiger partial charge in [-0.3, -0.25) is 4.79 Å². The second kappa shape index (κ2) is 6.42. The zero-order valence-electron chi connectivity index (χ0n) is 12.9. The molecule has 1 amide bonds. The van der Waals surface area contributed by atoms with Crippen molar-refractivity contribution in [2.24, 2.45) is 0 Å². The number of anilines is 1. The van der Waals surface area contributed by atoms with Gasteiger partial charge in [-0.25, -0.2) is 0 Å². The summed E-state index contributed by atoms with van der Waals surface area (Å²) in [5.41, 5.74) is 9.42. The van der Waals surface area contributed by atoms with Gasteiger partial charge in [0.05, 0.1) is 12.0 Å². The zero-order chi connectivity index (χ0) is 16.4. The Labute approximate surface area is 139 Å². The van der Waals surface area contributed by atoms with Crippen LogP contribution in [0.3, 0.4) is 0 Å². The molecule has 120 valence electrons. The third kappa shape index (κ3) is 3.22. The van der Waals surface area contributed by atoms with Crippen LogP contribution < -0.4 is 15.8 Å². The van der Waals surface area contributed by atoms with Crippen molar-refractivity contribution in [3.63, 3.8) is 0 Å². The molecule has 1 saturated carbocycles. The van der Waals surface area contributed by atoms with Crippen molar-refractivity contribution < 1.29 is 9.53 Å². The molecule has 2 aromatic rings. The summed E-state index contributed by atoms with van der Waals surface area (Å²) in [7, 11) is 1.58. The fourth-order valence-corrected chi connectivity index (χ4v) is 3.39. The smallest absolute Gasteiger partial charge is 0.261 e. The molecule has 0 atom stereocenters. The minimum absolute atomic E-state index is 0.140. The van der Waals surface area contributed by atoms with Crippen molar-refractivity contribution in [2.75, 3.05) is 12.8 Å². The molecule has 0 unspecified atom stereocenters. The molecular weight excluding hydrogens is 310 g/mol. The summed E-state index contributed by atoms with van der Waals surface area (Å²) in [6.45, 7) is 0.376. The highest BCUT2D eigenvalue weighted by atomic mass is 32.1. The molecule has 23 heavy (non-hydrogen) atoms. The monoisotopic (exact) mass is 329 g/mol. The van der Waals surface area contributed by atoms with Crippen LogP contribution in [0.5, 0.6) is 5.06 Å². The van der Waals surface area contributed by atoms with E-state index < -0.39 is 0 Å². The lowest BCUT2D eigenvalue weighted by atomic mass is 9.96. The fourth-order valence-electron chi connectivity index (χ4n) is 2.65. The lowest BCUT2D eigenvalue weighted by molar-refractivity contribution is 0.0955. The summed E-state index contributed by atoms with van der Waals surface area (Å²) in [6.07, 6.45) is 3.59. The zero-order valence-corrected chi connectivity index (χ0v) is 13.7. The molecule has 5 nitrogen and oxygen atoms in total. The number of carbonyl (C=O) groups excluding carboxylic acids is 1. The van der Waals surface area contributed by atoms with Crippen molar-refractivity contribution in [1.82, 2.24) is 5.32 Å². The normalized spacial score (nSPS) is 13.6. The number of thiophene rings is 1. The Hall–Kier alpha value is -2.34. The van der Waals surface area contributed by atoms with Crippen molar-refractivity contribution >= 4 is 29.1 Å². The Bertz CT molecular complexity index is 750. The summed E-state index contributed by atoms with van der Waals surface area (Å²) in [5.74, 6) is 0.390. The minimum Gasteiger partial charge on any atom is -0.487 e. The highest BCUT2D eigenvalue weighted by molar-refractivity contribution is 7.15. The van der Waals surface area contributed by atoms with E-state index in [1.807, 2.05) is 12.1 Å². The number of rotatable bonds is 6. The molecule has 1 aromatic heterocycles. The maximum atomic E-state index is 12.3. The van der Waals surface area contributed by atoms with Crippen LogP contribution in [0.4, 0.5) is 5.69 Å². The number of methoxy groups -OCH3 is 1. The average molecular weight is 329 g/mol. The number of hydrogen-bond donors (Lipinski definition) is 3. The fraction of sp³-hybridized carbons (Fsp3) is 0.294. The maximum Gasteiger partial charge on any atom is 0.261 e. The Morgan fingerprint density at radius 2 is 2.22 bits per heavy atom. The van der Waals surface area contributed by atoms with Crippen LogP contribution in [-0.2, 0) is 6.54 Å². The number of amides is 1. The van der Waals surface area contributed by atoms with E-state index in [1.165, 1.54) is 23.1 Å². The molecule has 0 bridgehead atoms. The molecule has 0 saturated heterocycles. The number of carbonyl (C=O) groups is 1. The van der Waals surface area contributed by atoms with Gasteiger partial charge in [-0.15, -0.1) is 0 Å². The molecule has 1 fully saturated rings. The number of benzene rings is 1. The first kappa shape index (κ1) is 15.6. The first-order chi connectivity index (χ1) is 11.1. The van der Waals surface area contributed by atoms with Crippen LogP contribution in [0.15, 0.2) is 24.3 Å². The summed E-state index contributed by atoms with van der Waals surface area (Å²) < 4.78 is 5.11. The van der Waals surface area contributed by atoms with Crippen LogP contribution in [-0.4, -0.2) is 19.2 Å². The third-order valence-electron chi connectivity index (χ3n) is 4.02. The molecule has 0 aliphatic heterocycles. The first-order valence-electron chi connectivity index (χ1n) is 7.47. The third-order valence-corrected chi connectivity index (χ3v) is 5.07. The van der Waals surface area contributed by atoms with Crippen molar-refractivity contribution in [1.29, 1.82) is 5.41 Å². The molecule has 4 N–H and O–H groups in total. The maximum absolute atomic E-state index is 12.3. The molecule has 0 spiro atoms. The predicted octanol–water partition coefficient (Wildman–Crippen LogP) is 3.14. The summed E-state index contributed by atoms with van der Waals surface area (Å²) in [4.78, 5) is 12.9. The van der Waals surface area contributed by atoms with E-state index in [9.17, 15) is 4.79 Å². The van der Waals surface area contributed by atoms with Gasteiger partial charge in [-0.1, -0.05) is 17.4 Å². The minimum atomic E-state index is -0.140. The Morgan fingerprint density at radius 3 is 2.83 bits per heavy atom. The second-order valence-electron chi connectivity index (χ2n) is 5.56. The van der Waals surface area contributed by atoms with Crippen LogP contribution in [0, 0.1) is 5.41 Å². The van der Waals surface area contributed by atoms with Gasteiger partial charge >= 0.3 is 0 Å². The first-order valence-corrected chi connectivity index (χ1v) is 8.29. The molecule has 1 heterocycles. The Kier molecular flexibility index (Phi) is 4.34. The van der Waals surface area contributed by atoms with Crippen molar-refractivity contribution in [3.8, 4) is 5.06 Å². The lowest BCUT2D eigenvalue weighted by Crippen LogP contribution is -2.23. The van der Waals surface area contributed by atoms with Crippen LogP contribution in [0.2, 0.25) is 0 Å². The lowest BCUT2D eigenvalue weighted by Gasteiger charge is -2.15. The molecule has 1 aromatic carbocycles. The van der Waals surface area contributed by atoms with Crippen molar-refractivity contribution in [2.45, 2.75) is 25.3 Å². The van der Waals surface area contributed by atoms with Gasteiger partial charge in [0.15, 0.2) is 5.06 Å². The van der Waals surface area contributed by atoms with Crippen LogP contribution in [0.1, 0.15) is 45.1 Å². The number of nitrogens with one attached hydrogen (secondary N) is 2. The molecule has 3 rings (SSSR count). The second-order valence-corrected chi connectivity index (χ2v) is 6.61. The van der Waals surface area contributed by atoms with E-state index in [0.717, 1.165) is 18.4 Å². The van der Waals surface area contributed by atoms with E-state index in [2.05, 4.69) is 5.32 Å². The standard InChI is InChI=1S/C17H19N3O2S/c1-22-16-7-6-15(23-16)17(21)20-9-13-11(10-2-3-10)4-5-14(19)12(13)8-18/h4-8,10,18H,2-3,9,19H2,1H3,(H,20,21). The average Bonchev–Trinajstić information content (AvgIpc) is 3.28. The topological polar surface area (TPSA) is 88.2 Å². The molecule has 0 radical (unpaired) electrons. The quantitative estimate of drug-likeness (QED) is 0.562. The van der Waals surface area contributed by atoms with Gasteiger partial charge in [-0.2, -0.15) is 0 Å². The largest absolute Gasteiger partial charge is 0.487 e. The number of ether oxygens (including phenoxy) is 1.